The van der Waals surface area contributed by atoms with Crippen molar-refractivity contribution < 1.29 is 9.53 Å². The number of carbonyl (C=O) groups is 1. The first-order valence-electron chi connectivity index (χ1n) is 5.40. The van der Waals surface area contributed by atoms with Gasteiger partial charge in [0.25, 0.3) is 0 Å². The lowest BCUT2D eigenvalue weighted by Gasteiger charge is -2.26. The summed E-state index contributed by atoms with van der Waals surface area (Å²) in [6.45, 7) is 1.60. The van der Waals surface area contributed by atoms with E-state index in [0.29, 0.717) is 5.92 Å². The number of carbonyl (C=O) groups excluding carboxylic acids is 1. The molecular formula is C13H16O2. The third kappa shape index (κ3) is 2.04. The Morgan fingerprint density at radius 2 is 2.07 bits per heavy atom. The van der Waals surface area contributed by atoms with Gasteiger partial charge in [-0.3, -0.25) is 4.79 Å². The normalized spacial score (nSPS) is 15.9. The molecule has 1 saturated carbocycles. The maximum atomic E-state index is 11.3. The molecule has 2 heteroatoms. The van der Waals surface area contributed by atoms with Gasteiger partial charge in [0.05, 0.1) is 7.11 Å². The molecule has 0 unspecified atom stereocenters. The maximum Gasteiger partial charge on any atom is 0.159 e. The summed E-state index contributed by atoms with van der Waals surface area (Å²) in [6.07, 6.45) is 3.78. The van der Waals surface area contributed by atoms with E-state index in [2.05, 4.69) is 6.07 Å². The van der Waals surface area contributed by atoms with Crippen molar-refractivity contribution in [1.82, 2.24) is 0 Å². The van der Waals surface area contributed by atoms with Crippen molar-refractivity contribution in [2.24, 2.45) is 0 Å². The average molecular weight is 204 g/mol. The van der Waals surface area contributed by atoms with Gasteiger partial charge in [-0.05, 0) is 49.4 Å². The Hall–Kier alpha value is -1.31. The fraction of sp³-hybridized carbons (Fsp3) is 0.462. The Kier molecular flexibility index (Phi) is 2.76. The van der Waals surface area contributed by atoms with E-state index in [9.17, 15) is 4.79 Å². The highest BCUT2D eigenvalue weighted by Crippen LogP contribution is 2.38. The third-order valence-electron chi connectivity index (χ3n) is 3.15. The van der Waals surface area contributed by atoms with Gasteiger partial charge in [0.2, 0.25) is 0 Å². The molecule has 0 heterocycles. The van der Waals surface area contributed by atoms with Gasteiger partial charge in [-0.2, -0.15) is 0 Å². The van der Waals surface area contributed by atoms with E-state index in [1.807, 2.05) is 12.1 Å². The van der Waals surface area contributed by atoms with Crippen LogP contribution < -0.4 is 4.74 Å². The molecule has 0 bridgehead atoms. The van der Waals surface area contributed by atoms with Gasteiger partial charge in [-0.25, -0.2) is 0 Å². The molecule has 2 nitrogen and oxygen atoms in total. The van der Waals surface area contributed by atoms with Crippen molar-refractivity contribution in [3.8, 4) is 5.75 Å². The van der Waals surface area contributed by atoms with Gasteiger partial charge in [-0.15, -0.1) is 0 Å². The Bertz CT molecular complexity index is 378. The van der Waals surface area contributed by atoms with Crippen molar-refractivity contribution in [2.75, 3.05) is 7.11 Å². The van der Waals surface area contributed by atoms with Crippen molar-refractivity contribution >= 4 is 5.78 Å². The minimum absolute atomic E-state index is 0.106. The summed E-state index contributed by atoms with van der Waals surface area (Å²) in [4.78, 5) is 11.3. The monoisotopic (exact) mass is 204 g/mol. The molecule has 0 atom stereocenters. The van der Waals surface area contributed by atoms with E-state index in [4.69, 9.17) is 4.74 Å². The number of ether oxygens (including phenoxy) is 1. The minimum Gasteiger partial charge on any atom is -0.497 e. The van der Waals surface area contributed by atoms with Crippen molar-refractivity contribution in [2.45, 2.75) is 32.1 Å². The number of hydrogen-bond donors (Lipinski definition) is 0. The minimum atomic E-state index is 0.106. The second-order valence-corrected chi connectivity index (χ2v) is 4.18. The molecule has 1 aliphatic rings. The van der Waals surface area contributed by atoms with Gasteiger partial charge in [0.1, 0.15) is 5.75 Å². The molecule has 1 aromatic rings. The summed E-state index contributed by atoms with van der Waals surface area (Å²) in [7, 11) is 1.64. The topological polar surface area (TPSA) is 26.3 Å². The molecule has 15 heavy (non-hydrogen) atoms. The molecule has 1 fully saturated rings. The van der Waals surface area contributed by atoms with Crippen LogP contribution in [0.4, 0.5) is 0 Å². The van der Waals surface area contributed by atoms with E-state index >= 15 is 0 Å². The number of rotatable bonds is 3. The first kappa shape index (κ1) is 10.2. The standard InChI is InChI=1S/C13H16O2/c1-9(14)11-6-12(10-4-3-5-10)8-13(7-11)15-2/h6-8,10H,3-5H2,1-2H3. The predicted molar refractivity (Wildman–Crippen MR) is 59.6 cm³/mol. The van der Waals surface area contributed by atoms with Crippen LogP contribution in [0.1, 0.15) is 48.0 Å². The maximum absolute atomic E-state index is 11.3. The SMILES string of the molecule is COc1cc(C(C)=O)cc(C2CCC2)c1. The number of Topliss-reactive ketones (excluding diaryl/α,β-unsaturated/α-hetero) is 1. The molecule has 0 aliphatic heterocycles. The highest BCUT2D eigenvalue weighted by atomic mass is 16.5. The van der Waals surface area contributed by atoms with Crippen molar-refractivity contribution in [3.05, 3.63) is 29.3 Å². The molecule has 0 amide bonds. The van der Waals surface area contributed by atoms with Gasteiger partial charge >= 0.3 is 0 Å². The quantitative estimate of drug-likeness (QED) is 0.707. The Morgan fingerprint density at radius 3 is 2.53 bits per heavy atom. The number of methoxy groups -OCH3 is 1. The lowest BCUT2D eigenvalue weighted by molar-refractivity contribution is 0.101. The lowest BCUT2D eigenvalue weighted by atomic mass is 9.79. The molecule has 0 radical (unpaired) electrons. The van der Waals surface area contributed by atoms with Gasteiger partial charge in [0, 0.05) is 5.56 Å². The summed E-state index contributed by atoms with van der Waals surface area (Å²) in [5.41, 5.74) is 2.02. The van der Waals surface area contributed by atoms with Crippen LogP contribution >= 0.6 is 0 Å². The zero-order valence-electron chi connectivity index (χ0n) is 9.25. The number of benzene rings is 1. The fourth-order valence-corrected chi connectivity index (χ4v) is 1.92. The van der Waals surface area contributed by atoms with Crippen molar-refractivity contribution in [3.63, 3.8) is 0 Å². The van der Waals surface area contributed by atoms with Crippen LogP contribution in [0.2, 0.25) is 0 Å². The van der Waals surface area contributed by atoms with Crippen LogP contribution in [0.5, 0.6) is 5.75 Å². The Balaban J connectivity index is 2.36. The second kappa shape index (κ2) is 4.05. The third-order valence-corrected chi connectivity index (χ3v) is 3.15. The van der Waals surface area contributed by atoms with E-state index in [0.717, 1.165) is 11.3 Å². The largest absolute Gasteiger partial charge is 0.497 e. The summed E-state index contributed by atoms with van der Waals surface area (Å²) in [6, 6.07) is 5.87. The van der Waals surface area contributed by atoms with Gasteiger partial charge in [0.15, 0.2) is 5.78 Å². The van der Waals surface area contributed by atoms with E-state index < -0.39 is 0 Å². The first-order chi connectivity index (χ1) is 7.20. The highest BCUT2D eigenvalue weighted by molar-refractivity contribution is 5.94. The van der Waals surface area contributed by atoms with Crippen LogP contribution in [0, 0.1) is 0 Å². The summed E-state index contributed by atoms with van der Waals surface area (Å²) in [5.74, 6) is 1.54. The first-order valence-corrected chi connectivity index (χ1v) is 5.40. The number of ketones is 1. The van der Waals surface area contributed by atoms with Gasteiger partial charge in [-0.1, -0.05) is 6.42 Å². The van der Waals surface area contributed by atoms with E-state index in [1.54, 1.807) is 14.0 Å². The highest BCUT2D eigenvalue weighted by Gasteiger charge is 2.20. The summed E-state index contributed by atoms with van der Waals surface area (Å²) >= 11 is 0. The Morgan fingerprint density at radius 1 is 1.33 bits per heavy atom. The molecule has 80 valence electrons. The van der Waals surface area contributed by atoms with Gasteiger partial charge < -0.3 is 4.74 Å². The molecular weight excluding hydrogens is 188 g/mol. The molecule has 0 saturated heterocycles. The average Bonchev–Trinajstić information content (AvgIpc) is 2.14. The molecule has 1 aromatic carbocycles. The predicted octanol–water partition coefficient (Wildman–Crippen LogP) is 3.17. The Labute approximate surface area is 90.3 Å². The van der Waals surface area contributed by atoms with E-state index in [1.165, 1.54) is 24.8 Å². The zero-order chi connectivity index (χ0) is 10.8. The molecule has 1 aliphatic carbocycles. The van der Waals surface area contributed by atoms with Crippen LogP contribution in [-0.4, -0.2) is 12.9 Å². The van der Waals surface area contributed by atoms with Crippen molar-refractivity contribution in [1.29, 1.82) is 0 Å². The number of hydrogen-bond acceptors (Lipinski definition) is 2. The second-order valence-electron chi connectivity index (χ2n) is 4.18. The fourth-order valence-electron chi connectivity index (χ4n) is 1.92. The smallest absolute Gasteiger partial charge is 0.159 e. The zero-order valence-corrected chi connectivity index (χ0v) is 9.25. The van der Waals surface area contributed by atoms with Crippen LogP contribution in [-0.2, 0) is 0 Å². The molecule has 0 spiro atoms. The molecule has 2 rings (SSSR count). The summed E-state index contributed by atoms with van der Waals surface area (Å²) in [5, 5.41) is 0. The van der Waals surface area contributed by atoms with E-state index in [-0.39, 0.29) is 5.78 Å². The molecule has 0 aromatic heterocycles. The van der Waals surface area contributed by atoms with Crippen LogP contribution in [0.3, 0.4) is 0 Å². The lowest BCUT2D eigenvalue weighted by Crippen LogP contribution is -2.09. The molecule has 0 N–H and O–H groups in total. The van der Waals surface area contributed by atoms with Crippen LogP contribution in [0.25, 0.3) is 0 Å². The van der Waals surface area contributed by atoms with Crippen LogP contribution in [0.15, 0.2) is 18.2 Å². The summed E-state index contributed by atoms with van der Waals surface area (Å²) < 4.78 is 5.21.